The first-order valence-electron chi connectivity index (χ1n) is 6.52. The van der Waals surface area contributed by atoms with Gasteiger partial charge in [0.05, 0.1) is 11.6 Å². The topological polar surface area (TPSA) is 75.4 Å². The van der Waals surface area contributed by atoms with Crippen LogP contribution in [0.5, 0.6) is 0 Å². The highest BCUT2D eigenvalue weighted by Gasteiger charge is 2.36. The average molecular weight is 303 g/mol. The van der Waals surface area contributed by atoms with E-state index in [1.807, 2.05) is 0 Å². The standard InChI is InChI=1S/C14H19FN2O2.ClH/c15-11-5-3-10(4-6-11)12(18)9-17-13(19)14(16)7-1-2-8-14;/h3-6,12,18H,1-2,7-9,16H2,(H,17,19);1H. The zero-order valence-electron chi connectivity index (χ0n) is 11.1. The molecule has 0 aliphatic heterocycles. The van der Waals surface area contributed by atoms with Crippen molar-refractivity contribution in [2.75, 3.05) is 6.54 Å². The fourth-order valence-electron chi connectivity index (χ4n) is 2.40. The van der Waals surface area contributed by atoms with Crippen LogP contribution in [-0.4, -0.2) is 23.1 Å². The van der Waals surface area contributed by atoms with E-state index in [-0.39, 0.29) is 30.7 Å². The lowest BCUT2D eigenvalue weighted by molar-refractivity contribution is -0.126. The summed E-state index contributed by atoms with van der Waals surface area (Å²) in [5, 5.41) is 12.6. The Morgan fingerprint density at radius 1 is 1.35 bits per heavy atom. The molecule has 1 saturated carbocycles. The molecule has 112 valence electrons. The van der Waals surface area contributed by atoms with Crippen LogP contribution in [0, 0.1) is 5.82 Å². The van der Waals surface area contributed by atoms with E-state index in [1.54, 1.807) is 0 Å². The summed E-state index contributed by atoms with van der Waals surface area (Å²) < 4.78 is 12.8. The first kappa shape index (κ1) is 16.9. The molecular formula is C14H20ClFN2O2. The van der Waals surface area contributed by atoms with Gasteiger partial charge in [0.25, 0.3) is 0 Å². The number of halogens is 2. The number of aliphatic hydroxyl groups is 1. The fourth-order valence-corrected chi connectivity index (χ4v) is 2.40. The van der Waals surface area contributed by atoms with E-state index in [4.69, 9.17) is 5.73 Å². The molecule has 1 aliphatic rings. The number of amides is 1. The van der Waals surface area contributed by atoms with Gasteiger partial charge in [-0.3, -0.25) is 4.79 Å². The Morgan fingerprint density at radius 2 is 1.90 bits per heavy atom. The van der Waals surface area contributed by atoms with Gasteiger partial charge in [0, 0.05) is 6.54 Å². The molecule has 1 fully saturated rings. The molecule has 0 spiro atoms. The maximum atomic E-state index is 12.8. The van der Waals surface area contributed by atoms with Crippen LogP contribution in [0.3, 0.4) is 0 Å². The summed E-state index contributed by atoms with van der Waals surface area (Å²) in [6.45, 7) is 0.0867. The van der Waals surface area contributed by atoms with E-state index in [2.05, 4.69) is 5.32 Å². The Morgan fingerprint density at radius 3 is 2.45 bits per heavy atom. The van der Waals surface area contributed by atoms with Crippen molar-refractivity contribution in [3.8, 4) is 0 Å². The summed E-state index contributed by atoms with van der Waals surface area (Å²) >= 11 is 0. The second-order valence-corrected chi connectivity index (χ2v) is 5.14. The Kier molecular flexibility index (Phi) is 5.92. The maximum Gasteiger partial charge on any atom is 0.240 e. The van der Waals surface area contributed by atoms with Crippen LogP contribution in [-0.2, 0) is 4.79 Å². The molecule has 0 bridgehead atoms. The Labute approximate surface area is 124 Å². The third-order valence-corrected chi connectivity index (χ3v) is 3.66. The summed E-state index contributed by atoms with van der Waals surface area (Å²) in [4.78, 5) is 11.9. The van der Waals surface area contributed by atoms with Crippen LogP contribution >= 0.6 is 12.4 Å². The number of aliphatic hydroxyl groups excluding tert-OH is 1. The zero-order chi connectivity index (χ0) is 13.9. The SMILES string of the molecule is Cl.NC1(C(=O)NCC(O)c2ccc(F)cc2)CCCC1. The summed E-state index contributed by atoms with van der Waals surface area (Å²) in [5.74, 6) is -0.571. The van der Waals surface area contributed by atoms with Gasteiger partial charge in [0.15, 0.2) is 0 Å². The van der Waals surface area contributed by atoms with Crippen molar-refractivity contribution in [1.29, 1.82) is 0 Å². The Balaban J connectivity index is 0.00000200. The molecule has 1 atom stereocenters. The normalized spacial score (nSPS) is 18.1. The summed E-state index contributed by atoms with van der Waals surface area (Å²) in [6.07, 6.45) is 2.45. The number of hydrogen-bond donors (Lipinski definition) is 3. The molecule has 1 aliphatic carbocycles. The van der Waals surface area contributed by atoms with E-state index < -0.39 is 11.6 Å². The van der Waals surface area contributed by atoms with E-state index >= 15 is 0 Å². The number of hydrogen-bond acceptors (Lipinski definition) is 3. The van der Waals surface area contributed by atoms with Gasteiger partial charge in [-0.25, -0.2) is 4.39 Å². The second kappa shape index (κ2) is 7.02. The lowest BCUT2D eigenvalue weighted by Gasteiger charge is -2.23. The van der Waals surface area contributed by atoms with Crippen LogP contribution < -0.4 is 11.1 Å². The van der Waals surface area contributed by atoms with Crippen molar-refractivity contribution < 1.29 is 14.3 Å². The minimum absolute atomic E-state index is 0. The number of nitrogens with one attached hydrogen (secondary N) is 1. The van der Waals surface area contributed by atoms with Crippen LogP contribution in [0.15, 0.2) is 24.3 Å². The van der Waals surface area contributed by atoms with Gasteiger partial charge in [0.1, 0.15) is 5.82 Å². The number of nitrogens with two attached hydrogens (primary N) is 1. The smallest absolute Gasteiger partial charge is 0.240 e. The highest BCUT2D eigenvalue weighted by molar-refractivity contribution is 5.86. The molecule has 4 N–H and O–H groups in total. The molecule has 0 heterocycles. The monoisotopic (exact) mass is 302 g/mol. The maximum absolute atomic E-state index is 12.8. The molecule has 4 nitrogen and oxygen atoms in total. The fraction of sp³-hybridized carbons (Fsp3) is 0.500. The minimum Gasteiger partial charge on any atom is -0.387 e. The number of benzene rings is 1. The molecule has 0 radical (unpaired) electrons. The van der Waals surface area contributed by atoms with Gasteiger partial charge >= 0.3 is 0 Å². The van der Waals surface area contributed by atoms with Crippen LogP contribution in [0.2, 0.25) is 0 Å². The summed E-state index contributed by atoms with van der Waals surface area (Å²) in [6, 6.07) is 5.56. The molecule has 6 heteroatoms. The van der Waals surface area contributed by atoms with Crippen molar-refractivity contribution >= 4 is 18.3 Å². The lowest BCUT2D eigenvalue weighted by atomic mass is 9.98. The molecule has 0 saturated heterocycles. The van der Waals surface area contributed by atoms with Gasteiger partial charge < -0.3 is 16.2 Å². The molecule has 1 amide bonds. The molecule has 2 rings (SSSR count). The second-order valence-electron chi connectivity index (χ2n) is 5.14. The molecular weight excluding hydrogens is 283 g/mol. The average Bonchev–Trinajstić information content (AvgIpc) is 2.84. The van der Waals surface area contributed by atoms with Crippen molar-refractivity contribution in [2.45, 2.75) is 37.3 Å². The van der Waals surface area contributed by atoms with Crippen molar-refractivity contribution in [1.82, 2.24) is 5.32 Å². The van der Waals surface area contributed by atoms with Crippen LogP contribution in [0.1, 0.15) is 37.4 Å². The third-order valence-electron chi connectivity index (χ3n) is 3.66. The Hall–Kier alpha value is -1.17. The quantitative estimate of drug-likeness (QED) is 0.792. The van der Waals surface area contributed by atoms with Gasteiger partial charge in [-0.1, -0.05) is 25.0 Å². The van der Waals surface area contributed by atoms with E-state index in [0.717, 1.165) is 12.8 Å². The highest BCUT2D eigenvalue weighted by atomic mass is 35.5. The summed E-state index contributed by atoms with van der Waals surface area (Å²) in [7, 11) is 0. The predicted molar refractivity (Wildman–Crippen MR) is 77.0 cm³/mol. The third kappa shape index (κ3) is 3.91. The van der Waals surface area contributed by atoms with Gasteiger partial charge in [0.2, 0.25) is 5.91 Å². The highest BCUT2D eigenvalue weighted by Crippen LogP contribution is 2.27. The lowest BCUT2D eigenvalue weighted by Crippen LogP contribution is -2.52. The van der Waals surface area contributed by atoms with E-state index in [9.17, 15) is 14.3 Å². The number of carbonyl (C=O) groups is 1. The largest absolute Gasteiger partial charge is 0.387 e. The number of rotatable bonds is 4. The molecule has 1 unspecified atom stereocenters. The van der Waals surface area contributed by atoms with Crippen molar-refractivity contribution in [3.05, 3.63) is 35.6 Å². The van der Waals surface area contributed by atoms with E-state index in [0.29, 0.717) is 18.4 Å². The van der Waals surface area contributed by atoms with E-state index in [1.165, 1.54) is 24.3 Å². The Bertz CT molecular complexity index is 447. The van der Waals surface area contributed by atoms with Gasteiger partial charge in [-0.15, -0.1) is 12.4 Å². The van der Waals surface area contributed by atoms with Crippen molar-refractivity contribution in [3.63, 3.8) is 0 Å². The molecule has 20 heavy (non-hydrogen) atoms. The van der Waals surface area contributed by atoms with Crippen LogP contribution in [0.25, 0.3) is 0 Å². The minimum atomic E-state index is -0.852. The van der Waals surface area contributed by atoms with Crippen LogP contribution in [0.4, 0.5) is 4.39 Å². The van der Waals surface area contributed by atoms with Gasteiger partial charge in [-0.05, 0) is 30.5 Å². The molecule has 1 aromatic carbocycles. The van der Waals surface area contributed by atoms with Gasteiger partial charge in [-0.2, -0.15) is 0 Å². The van der Waals surface area contributed by atoms with Crippen molar-refractivity contribution in [2.24, 2.45) is 5.73 Å². The first-order chi connectivity index (χ1) is 9.01. The zero-order valence-corrected chi connectivity index (χ0v) is 12.0. The first-order valence-corrected chi connectivity index (χ1v) is 6.52. The molecule has 0 aromatic heterocycles. The number of carbonyl (C=O) groups excluding carboxylic acids is 1. The molecule has 1 aromatic rings. The summed E-state index contributed by atoms with van der Waals surface area (Å²) in [5.41, 5.74) is 5.78. The predicted octanol–water partition coefficient (Wildman–Crippen LogP) is 1.67.